The summed E-state index contributed by atoms with van der Waals surface area (Å²) >= 11 is 7.53. The van der Waals surface area contributed by atoms with Crippen LogP contribution in [-0.2, 0) is 22.8 Å². The van der Waals surface area contributed by atoms with Gasteiger partial charge in [0.2, 0.25) is 9.84 Å². The van der Waals surface area contributed by atoms with Gasteiger partial charge < -0.3 is 15.1 Å². The molecule has 11 heteroatoms. The van der Waals surface area contributed by atoms with Crippen molar-refractivity contribution < 1.29 is 23.4 Å². The van der Waals surface area contributed by atoms with Crippen molar-refractivity contribution in [2.75, 3.05) is 4.90 Å². The van der Waals surface area contributed by atoms with Gasteiger partial charge >= 0.3 is 0 Å². The molecule has 43 heavy (non-hydrogen) atoms. The maximum Gasteiger partial charge on any atom is 0.262 e. The van der Waals surface area contributed by atoms with Gasteiger partial charge in [0.05, 0.1) is 27.7 Å². The third-order valence-corrected chi connectivity index (χ3v) is 9.54. The SMILES string of the molecule is C=C(Cc1ccccn1)S(=O)(=O)c1cnc(-c2ccc(N(Cc3ccsc3)C(=O)c3cc(Cl)c(O)cc3O)cc2)c(C)c1. The first-order valence-electron chi connectivity index (χ1n) is 13.0. The third-order valence-electron chi connectivity index (χ3n) is 6.76. The molecule has 5 aromatic rings. The molecule has 3 heterocycles. The molecule has 0 saturated heterocycles. The number of aryl methyl sites for hydroxylation is 1. The molecule has 0 unspecified atom stereocenters. The Balaban J connectivity index is 1.42. The number of phenols is 2. The first kappa shape index (κ1) is 30.0. The van der Waals surface area contributed by atoms with E-state index in [4.69, 9.17) is 11.6 Å². The van der Waals surface area contributed by atoms with Crippen molar-refractivity contribution in [2.24, 2.45) is 0 Å². The van der Waals surface area contributed by atoms with Crippen LogP contribution in [0.1, 0.15) is 27.2 Å². The number of nitrogens with zero attached hydrogens (tertiary/aromatic N) is 3. The van der Waals surface area contributed by atoms with Gasteiger partial charge in [0.1, 0.15) is 11.5 Å². The molecule has 0 fully saturated rings. The number of rotatable bonds is 9. The number of halogens is 1. The minimum Gasteiger partial charge on any atom is -0.507 e. The maximum atomic E-state index is 13.6. The molecular weight excluding hydrogens is 606 g/mol. The Labute approximate surface area is 258 Å². The summed E-state index contributed by atoms with van der Waals surface area (Å²) in [5, 5.41) is 24.0. The highest BCUT2D eigenvalue weighted by Crippen LogP contribution is 2.34. The van der Waals surface area contributed by atoms with Crippen molar-refractivity contribution in [3.05, 3.63) is 129 Å². The zero-order valence-electron chi connectivity index (χ0n) is 22.9. The Bertz CT molecular complexity index is 1910. The van der Waals surface area contributed by atoms with Gasteiger partial charge in [-0.25, -0.2) is 8.42 Å². The highest BCUT2D eigenvalue weighted by Gasteiger charge is 2.24. The fourth-order valence-electron chi connectivity index (χ4n) is 4.48. The lowest BCUT2D eigenvalue weighted by Gasteiger charge is -2.23. The van der Waals surface area contributed by atoms with E-state index in [2.05, 4.69) is 16.5 Å². The standard InChI is InChI=1S/C32H26ClN3O5S2/c1-20-13-26(43(40,41)21(2)14-24-5-3-4-11-34-24)17-35-31(20)23-6-8-25(9-7-23)36(18-22-10-12-42-19-22)32(39)27-15-28(33)30(38)16-29(27)37/h3-13,15-17,19,37-38H,2,14,18H2,1H3. The number of amides is 1. The van der Waals surface area contributed by atoms with Crippen LogP contribution in [0.5, 0.6) is 11.5 Å². The molecule has 0 aliphatic carbocycles. The largest absolute Gasteiger partial charge is 0.507 e. The van der Waals surface area contributed by atoms with E-state index >= 15 is 0 Å². The van der Waals surface area contributed by atoms with E-state index < -0.39 is 21.5 Å². The quantitative estimate of drug-likeness (QED) is 0.180. The number of sulfone groups is 1. The second kappa shape index (κ2) is 12.4. The molecule has 1 amide bonds. The molecule has 0 radical (unpaired) electrons. The summed E-state index contributed by atoms with van der Waals surface area (Å²) < 4.78 is 26.4. The molecule has 0 bridgehead atoms. The van der Waals surface area contributed by atoms with Crippen LogP contribution in [0.3, 0.4) is 0 Å². The summed E-state index contributed by atoms with van der Waals surface area (Å²) in [7, 11) is -3.83. The second-order valence-electron chi connectivity index (χ2n) is 9.77. The van der Waals surface area contributed by atoms with E-state index in [1.807, 2.05) is 16.8 Å². The van der Waals surface area contributed by atoms with Crippen LogP contribution < -0.4 is 4.90 Å². The normalized spacial score (nSPS) is 11.3. The average Bonchev–Trinajstić information content (AvgIpc) is 3.51. The molecule has 2 aromatic carbocycles. The van der Waals surface area contributed by atoms with Crippen molar-refractivity contribution in [2.45, 2.75) is 24.8 Å². The number of aromatic hydroxyl groups is 2. The first-order valence-corrected chi connectivity index (χ1v) is 15.8. The predicted octanol–water partition coefficient (Wildman–Crippen LogP) is 6.96. The Kier molecular flexibility index (Phi) is 8.63. The number of aromatic nitrogens is 2. The number of allylic oxidation sites excluding steroid dienone is 1. The Hall–Kier alpha value is -4.51. The number of thiophene rings is 1. The Morgan fingerprint density at radius 3 is 2.44 bits per heavy atom. The van der Waals surface area contributed by atoms with Crippen molar-refractivity contribution in [3.8, 4) is 22.8 Å². The topological polar surface area (TPSA) is 121 Å². The van der Waals surface area contributed by atoms with Crippen molar-refractivity contribution in [3.63, 3.8) is 0 Å². The Morgan fingerprint density at radius 1 is 1.02 bits per heavy atom. The van der Waals surface area contributed by atoms with Crippen LogP contribution in [-0.4, -0.2) is 34.5 Å². The number of anilines is 1. The van der Waals surface area contributed by atoms with E-state index in [-0.39, 0.29) is 39.1 Å². The van der Waals surface area contributed by atoms with E-state index in [0.717, 1.165) is 17.2 Å². The summed E-state index contributed by atoms with van der Waals surface area (Å²) in [5.74, 6) is -1.23. The highest BCUT2D eigenvalue weighted by molar-refractivity contribution is 7.95. The Morgan fingerprint density at radius 2 is 1.79 bits per heavy atom. The smallest absolute Gasteiger partial charge is 0.262 e. The van der Waals surface area contributed by atoms with Gasteiger partial charge in [-0.1, -0.05) is 36.4 Å². The van der Waals surface area contributed by atoms with Gasteiger partial charge in [0.15, 0.2) is 0 Å². The number of pyridine rings is 2. The van der Waals surface area contributed by atoms with Crippen LogP contribution in [0.2, 0.25) is 5.02 Å². The average molecular weight is 632 g/mol. The minimum absolute atomic E-state index is 0.0286. The van der Waals surface area contributed by atoms with Crippen molar-refractivity contribution in [1.82, 2.24) is 9.97 Å². The summed E-state index contributed by atoms with van der Waals surface area (Å²) in [6.07, 6.45) is 3.02. The maximum absolute atomic E-state index is 13.6. The number of benzene rings is 2. The number of hydrogen-bond acceptors (Lipinski definition) is 8. The van der Waals surface area contributed by atoms with E-state index in [9.17, 15) is 23.4 Å². The lowest BCUT2D eigenvalue weighted by atomic mass is 10.1. The number of carbonyl (C=O) groups is 1. The van der Waals surface area contributed by atoms with Gasteiger partial charge in [0.25, 0.3) is 5.91 Å². The molecule has 0 aliphatic rings. The molecular formula is C32H26ClN3O5S2. The number of phenolic OH excluding ortho intramolecular Hbond substituents is 2. The molecule has 0 spiro atoms. The highest BCUT2D eigenvalue weighted by atomic mass is 35.5. The predicted molar refractivity (Wildman–Crippen MR) is 168 cm³/mol. The second-order valence-corrected chi connectivity index (χ2v) is 13.0. The van der Waals surface area contributed by atoms with Crippen LogP contribution >= 0.6 is 22.9 Å². The van der Waals surface area contributed by atoms with Crippen LogP contribution in [0.25, 0.3) is 11.3 Å². The number of carbonyl (C=O) groups excluding carboxylic acids is 1. The van der Waals surface area contributed by atoms with Gasteiger partial charge in [-0.05, 0) is 71.3 Å². The molecule has 218 valence electrons. The van der Waals surface area contributed by atoms with E-state index in [1.165, 1.54) is 28.5 Å². The van der Waals surface area contributed by atoms with Crippen molar-refractivity contribution >= 4 is 44.4 Å². The van der Waals surface area contributed by atoms with Gasteiger partial charge in [0, 0.05) is 46.7 Å². The van der Waals surface area contributed by atoms with Gasteiger partial charge in [-0.2, -0.15) is 11.3 Å². The summed E-state index contributed by atoms with van der Waals surface area (Å²) in [5.41, 5.74) is 3.94. The van der Waals surface area contributed by atoms with Crippen LogP contribution in [0.15, 0.2) is 106 Å². The molecule has 8 nitrogen and oxygen atoms in total. The molecule has 2 N–H and O–H groups in total. The molecule has 3 aromatic heterocycles. The zero-order chi connectivity index (χ0) is 30.7. The molecule has 0 aliphatic heterocycles. The fourth-order valence-corrected chi connectivity index (χ4v) is 6.49. The van der Waals surface area contributed by atoms with Gasteiger partial charge in [-0.15, -0.1) is 0 Å². The van der Waals surface area contributed by atoms with Gasteiger partial charge in [-0.3, -0.25) is 14.8 Å². The summed E-state index contributed by atoms with van der Waals surface area (Å²) in [6.45, 7) is 5.80. The minimum atomic E-state index is -3.83. The molecule has 5 rings (SSSR count). The van der Waals surface area contributed by atoms with Crippen molar-refractivity contribution in [1.29, 1.82) is 0 Å². The molecule has 0 atom stereocenters. The lowest BCUT2D eigenvalue weighted by Crippen LogP contribution is -2.30. The summed E-state index contributed by atoms with van der Waals surface area (Å²) in [4.78, 5) is 23.8. The first-order chi connectivity index (χ1) is 20.5. The number of hydrogen-bond donors (Lipinski definition) is 2. The zero-order valence-corrected chi connectivity index (χ0v) is 25.3. The monoisotopic (exact) mass is 631 g/mol. The third kappa shape index (κ3) is 6.46. The van der Waals surface area contributed by atoms with E-state index in [1.54, 1.807) is 61.7 Å². The van der Waals surface area contributed by atoms with E-state index in [0.29, 0.717) is 22.6 Å². The lowest BCUT2D eigenvalue weighted by molar-refractivity contribution is 0.0982. The van der Waals surface area contributed by atoms with Crippen LogP contribution in [0, 0.1) is 6.92 Å². The van der Waals surface area contributed by atoms with Crippen LogP contribution in [0.4, 0.5) is 5.69 Å². The summed E-state index contributed by atoms with van der Waals surface area (Å²) in [6, 6.07) is 18.1. The molecule has 0 saturated carbocycles. The fraction of sp³-hybridized carbons (Fsp3) is 0.0938.